The summed E-state index contributed by atoms with van der Waals surface area (Å²) in [5, 5.41) is 0. The highest BCUT2D eigenvalue weighted by Crippen LogP contribution is 2.45. The first-order chi connectivity index (χ1) is 15.4. The number of ketones is 1. The van der Waals surface area contributed by atoms with Gasteiger partial charge in [-0.15, -0.1) is 0 Å². The number of benzene rings is 1. The molecule has 1 aliphatic heterocycles. The molecule has 1 aliphatic carbocycles. The fourth-order valence-electron chi connectivity index (χ4n) is 4.71. The van der Waals surface area contributed by atoms with E-state index in [1.54, 1.807) is 13.8 Å². The average molecular weight is 441 g/mol. The second kappa shape index (κ2) is 8.68. The number of hydrogen-bond acceptors (Lipinski definition) is 7. The van der Waals surface area contributed by atoms with Crippen molar-refractivity contribution in [3.8, 4) is 11.5 Å². The minimum absolute atomic E-state index is 0.246. The lowest BCUT2D eigenvalue weighted by atomic mass is 9.78. The Morgan fingerprint density at radius 1 is 1.06 bits per heavy atom. The van der Waals surface area contributed by atoms with E-state index >= 15 is 0 Å². The van der Waals surface area contributed by atoms with Gasteiger partial charge in [-0.05, 0) is 49.9 Å². The number of aryl methyl sites for hydroxylation is 1. The molecule has 0 atom stereocenters. The lowest BCUT2D eigenvalue weighted by Gasteiger charge is -2.28. The number of fused-ring (bicyclic) bond motifs is 1. The minimum Gasteiger partial charge on any atom is -0.486 e. The molecule has 32 heavy (non-hydrogen) atoms. The van der Waals surface area contributed by atoms with Gasteiger partial charge in [0.25, 0.3) is 0 Å². The van der Waals surface area contributed by atoms with Crippen molar-refractivity contribution in [3.63, 3.8) is 0 Å². The molecule has 1 N–H and O–H groups in total. The first-order valence-corrected chi connectivity index (χ1v) is 10.8. The number of nitrogens with one attached hydrogen (secondary N) is 1. The van der Waals surface area contributed by atoms with E-state index in [0.717, 1.165) is 18.4 Å². The normalized spacial score (nSPS) is 16.5. The number of carbonyl (C=O) groups is 3. The van der Waals surface area contributed by atoms with Crippen LogP contribution in [0.4, 0.5) is 0 Å². The summed E-state index contributed by atoms with van der Waals surface area (Å²) in [5.41, 5.74) is 1.59. The molecule has 2 aliphatic rings. The summed E-state index contributed by atoms with van der Waals surface area (Å²) in [6.45, 7) is 3.91. The summed E-state index contributed by atoms with van der Waals surface area (Å²) in [7, 11) is 1.29. The van der Waals surface area contributed by atoms with E-state index in [2.05, 4.69) is 4.98 Å². The van der Waals surface area contributed by atoms with Gasteiger partial charge in [0.1, 0.15) is 13.2 Å². The van der Waals surface area contributed by atoms with Crippen LogP contribution >= 0.6 is 0 Å². The third-order valence-electron chi connectivity index (χ3n) is 6.38. The zero-order valence-corrected chi connectivity index (χ0v) is 18.5. The van der Waals surface area contributed by atoms with Crippen molar-refractivity contribution in [2.75, 3.05) is 26.9 Å². The molecule has 1 aromatic heterocycles. The van der Waals surface area contributed by atoms with Crippen LogP contribution in [0.25, 0.3) is 0 Å². The zero-order valence-electron chi connectivity index (χ0n) is 18.5. The van der Waals surface area contributed by atoms with Gasteiger partial charge in [-0.25, -0.2) is 4.79 Å². The van der Waals surface area contributed by atoms with Crippen molar-refractivity contribution >= 4 is 17.7 Å². The van der Waals surface area contributed by atoms with Crippen LogP contribution < -0.4 is 9.47 Å². The number of hydrogen-bond donors (Lipinski definition) is 1. The first kappa shape index (κ1) is 21.9. The molecule has 0 saturated heterocycles. The van der Waals surface area contributed by atoms with Crippen LogP contribution in [0.1, 0.15) is 63.4 Å². The Kier molecular flexibility index (Phi) is 5.95. The van der Waals surface area contributed by atoms with E-state index in [0.29, 0.717) is 54.4 Å². The van der Waals surface area contributed by atoms with Crippen LogP contribution in [-0.2, 0) is 19.7 Å². The van der Waals surface area contributed by atoms with E-state index in [-0.39, 0.29) is 5.69 Å². The van der Waals surface area contributed by atoms with Crippen LogP contribution in [-0.4, -0.2) is 49.6 Å². The number of aromatic nitrogens is 1. The van der Waals surface area contributed by atoms with Gasteiger partial charge in [0.2, 0.25) is 5.78 Å². The lowest BCUT2D eigenvalue weighted by molar-refractivity contribution is -0.149. The maximum absolute atomic E-state index is 13.3. The summed E-state index contributed by atoms with van der Waals surface area (Å²) in [4.78, 5) is 40.9. The zero-order chi connectivity index (χ0) is 22.9. The van der Waals surface area contributed by atoms with Crippen molar-refractivity contribution in [2.24, 2.45) is 0 Å². The Bertz CT molecular complexity index is 1060. The van der Waals surface area contributed by atoms with Crippen molar-refractivity contribution in [1.29, 1.82) is 0 Å². The molecule has 0 bridgehead atoms. The van der Waals surface area contributed by atoms with Crippen LogP contribution in [0.2, 0.25) is 0 Å². The SMILES string of the molecule is COC(=O)c1c(C)[nH]c(C(=O)COC(=O)C2(c3ccc4c(c3)OCCO4)CCCC2)c1C. The second-order valence-electron chi connectivity index (χ2n) is 8.26. The standard InChI is InChI=1S/C24H27NO7/c1-14-20(22(27)29-3)15(2)25-21(14)17(26)13-32-23(28)24(8-4-5-9-24)16-6-7-18-19(12-16)31-11-10-30-18/h6-7,12,25H,4-5,8-11,13H2,1-3H3. The van der Waals surface area contributed by atoms with Crippen LogP contribution in [0, 0.1) is 13.8 Å². The fourth-order valence-corrected chi connectivity index (χ4v) is 4.71. The van der Waals surface area contributed by atoms with Gasteiger partial charge in [0.15, 0.2) is 18.1 Å². The molecule has 2 heterocycles. The van der Waals surface area contributed by atoms with Gasteiger partial charge in [0, 0.05) is 5.69 Å². The number of methoxy groups -OCH3 is 1. The van der Waals surface area contributed by atoms with Crippen LogP contribution in [0.5, 0.6) is 11.5 Å². The van der Waals surface area contributed by atoms with E-state index in [1.807, 2.05) is 18.2 Å². The highest BCUT2D eigenvalue weighted by Gasteiger charge is 2.45. The number of ether oxygens (including phenoxy) is 4. The number of rotatable bonds is 6. The molecule has 1 aromatic carbocycles. The third kappa shape index (κ3) is 3.74. The highest BCUT2D eigenvalue weighted by atomic mass is 16.6. The highest BCUT2D eigenvalue weighted by molar-refractivity contribution is 6.02. The molecule has 170 valence electrons. The molecule has 0 amide bonds. The largest absolute Gasteiger partial charge is 0.486 e. The van der Waals surface area contributed by atoms with Gasteiger partial charge in [-0.3, -0.25) is 9.59 Å². The summed E-state index contributed by atoms with van der Waals surface area (Å²) < 4.78 is 21.6. The topological polar surface area (TPSA) is 104 Å². The van der Waals surface area contributed by atoms with E-state index in [9.17, 15) is 14.4 Å². The van der Waals surface area contributed by atoms with Crippen LogP contribution in [0.3, 0.4) is 0 Å². The maximum Gasteiger partial charge on any atom is 0.339 e. The second-order valence-corrected chi connectivity index (χ2v) is 8.26. The smallest absolute Gasteiger partial charge is 0.339 e. The predicted octanol–water partition coefficient (Wildman–Crippen LogP) is 3.43. The molecule has 0 radical (unpaired) electrons. The molecule has 8 heteroatoms. The Hall–Kier alpha value is -3.29. The molecule has 0 unspecified atom stereocenters. The number of carbonyl (C=O) groups excluding carboxylic acids is 3. The lowest BCUT2D eigenvalue weighted by Crippen LogP contribution is -2.36. The van der Waals surface area contributed by atoms with E-state index in [4.69, 9.17) is 18.9 Å². The molecule has 8 nitrogen and oxygen atoms in total. The fraction of sp³-hybridized carbons (Fsp3) is 0.458. The van der Waals surface area contributed by atoms with E-state index < -0.39 is 29.7 Å². The van der Waals surface area contributed by atoms with Crippen molar-refractivity contribution in [1.82, 2.24) is 4.98 Å². The molecule has 2 aromatic rings. The van der Waals surface area contributed by atoms with Crippen LogP contribution in [0.15, 0.2) is 18.2 Å². The summed E-state index contributed by atoms with van der Waals surface area (Å²) in [6.07, 6.45) is 3.09. The number of esters is 2. The molecule has 1 saturated carbocycles. The summed E-state index contributed by atoms with van der Waals surface area (Å²) in [5.74, 6) is -0.0539. The number of aromatic amines is 1. The maximum atomic E-state index is 13.3. The van der Waals surface area contributed by atoms with Gasteiger partial charge in [0.05, 0.1) is 23.8 Å². The van der Waals surface area contributed by atoms with Crippen molar-refractivity contribution < 1.29 is 33.3 Å². The molecule has 4 rings (SSSR count). The minimum atomic E-state index is -0.812. The van der Waals surface area contributed by atoms with Crippen molar-refractivity contribution in [3.05, 3.63) is 46.3 Å². The third-order valence-corrected chi connectivity index (χ3v) is 6.38. The predicted molar refractivity (Wildman–Crippen MR) is 114 cm³/mol. The quantitative estimate of drug-likeness (QED) is 0.541. The summed E-state index contributed by atoms with van der Waals surface area (Å²) in [6, 6.07) is 5.55. The Balaban J connectivity index is 1.52. The molecular formula is C24H27NO7. The Labute approximate surface area is 186 Å². The van der Waals surface area contributed by atoms with Crippen molar-refractivity contribution in [2.45, 2.75) is 44.9 Å². The molecule has 1 fully saturated rings. The monoisotopic (exact) mass is 441 g/mol. The molecule has 0 spiro atoms. The Morgan fingerprint density at radius 3 is 2.44 bits per heavy atom. The average Bonchev–Trinajstić information content (AvgIpc) is 3.42. The number of H-pyrrole nitrogens is 1. The summed E-state index contributed by atoms with van der Waals surface area (Å²) >= 11 is 0. The van der Waals surface area contributed by atoms with Gasteiger partial charge in [-0.1, -0.05) is 18.9 Å². The Morgan fingerprint density at radius 2 is 1.75 bits per heavy atom. The number of Topliss-reactive ketones (excluding diaryl/α,β-unsaturated/α-hetero) is 1. The first-order valence-electron chi connectivity index (χ1n) is 10.8. The van der Waals surface area contributed by atoms with E-state index in [1.165, 1.54) is 7.11 Å². The van der Waals surface area contributed by atoms with Gasteiger partial charge < -0.3 is 23.9 Å². The van der Waals surface area contributed by atoms with Gasteiger partial charge >= 0.3 is 11.9 Å². The van der Waals surface area contributed by atoms with Gasteiger partial charge in [-0.2, -0.15) is 0 Å². The molecular weight excluding hydrogens is 414 g/mol.